The minimum atomic E-state index is -5.08. The molecule has 0 aliphatic rings. The quantitative estimate of drug-likeness (QED) is 0.391. The highest BCUT2D eigenvalue weighted by Crippen LogP contribution is 2.35. The SMILES string of the molecule is O=C(O)Oc1cc([N+](=O)[O-])ccc1OC(F)(F)F. The normalized spacial score (nSPS) is 10.8. The third kappa shape index (κ3) is 3.81. The van der Waals surface area contributed by atoms with Crippen LogP contribution in [0, 0.1) is 10.1 Å². The molecule has 0 spiro atoms. The molecule has 0 saturated carbocycles. The Kier molecular flexibility index (Phi) is 3.59. The van der Waals surface area contributed by atoms with Gasteiger partial charge in [0.05, 0.1) is 11.0 Å². The van der Waals surface area contributed by atoms with E-state index in [1.54, 1.807) is 0 Å². The van der Waals surface area contributed by atoms with Crippen LogP contribution in [-0.4, -0.2) is 22.5 Å². The molecule has 0 aliphatic carbocycles. The van der Waals surface area contributed by atoms with E-state index in [0.717, 1.165) is 6.07 Å². The third-order valence-electron chi connectivity index (χ3n) is 1.56. The van der Waals surface area contributed by atoms with Crippen molar-refractivity contribution < 1.29 is 37.5 Å². The summed E-state index contributed by atoms with van der Waals surface area (Å²) in [5.74, 6) is -1.91. The molecule has 1 aromatic rings. The van der Waals surface area contributed by atoms with Gasteiger partial charge in [-0.2, -0.15) is 0 Å². The number of rotatable bonds is 3. The number of halogens is 3. The molecule has 0 heterocycles. The highest BCUT2D eigenvalue weighted by atomic mass is 19.4. The zero-order valence-electron chi connectivity index (χ0n) is 8.30. The summed E-state index contributed by atoms with van der Waals surface area (Å²) in [5, 5.41) is 18.7. The Bertz CT molecular complexity index is 486. The van der Waals surface area contributed by atoms with Crippen molar-refractivity contribution in [3.63, 3.8) is 0 Å². The lowest BCUT2D eigenvalue weighted by molar-refractivity contribution is -0.385. The van der Waals surface area contributed by atoms with Crippen molar-refractivity contribution in [3.05, 3.63) is 28.3 Å². The van der Waals surface area contributed by atoms with Crippen LogP contribution < -0.4 is 9.47 Å². The molecule has 0 aliphatic heterocycles. The molecule has 0 unspecified atom stereocenters. The minimum Gasteiger partial charge on any atom is -0.449 e. The highest BCUT2D eigenvalue weighted by Gasteiger charge is 2.33. The predicted octanol–water partition coefficient (Wildman–Crippen LogP) is 2.55. The van der Waals surface area contributed by atoms with Crippen molar-refractivity contribution in [1.29, 1.82) is 0 Å². The summed E-state index contributed by atoms with van der Waals surface area (Å²) in [6.07, 6.45) is -7.00. The van der Waals surface area contributed by atoms with E-state index in [2.05, 4.69) is 9.47 Å². The second-order valence-corrected chi connectivity index (χ2v) is 2.80. The van der Waals surface area contributed by atoms with Crippen LogP contribution in [0.2, 0.25) is 0 Å². The molecule has 0 fully saturated rings. The van der Waals surface area contributed by atoms with Crippen molar-refractivity contribution in [2.75, 3.05) is 0 Å². The standard InChI is InChI=1S/C8H4F3NO6/c9-8(10,11)18-5-2-1-4(12(15)16)3-6(5)17-7(13)14/h1-3H,(H,13,14). The van der Waals surface area contributed by atoms with E-state index in [-0.39, 0.29) is 0 Å². The maximum absolute atomic E-state index is 12.0. The van der Waals surface area contributed by atoms with Gasteiger partial charge in [-0.05, 0) is 6.07 Å². The fourth-order valence-corrected chi connectivity index (χ4v) is 0.993. The molecule has 0 bridgehead atoms. The van der Waals surface area contributed by atoms with Crippen molar-refractivity contribution >= 4 is 11.8 Å². The van der Waals surface area contributed by atoms with Crippen molar-refractivity contribution in [1.82, 2.24) is 0 Å². The molecule has 18 heavy (non-hydrogen) atoms. The monoisotopic (exact) mass is 267 g/mol. The minimum absolute atomic E-state index is 0.509. The largest absolute Gasteiger partial charge is 0.573 e. The van der Waals surface area contributed by atoms with E-state index in [4.69, 9.17) is 5.11 Å². The maximum Gasteiger partial charge on any atom is 0.573 e. The summed E-state index contributed by atoms with van der Waals surface area (Å²) in [5.41, 5.74) is -0.638. The summed E-state index contributed by atoms with van der Waals surface area (Å²) in [4.78, 5) is 19.7. The van der Waals surface area contributed by atoms with Gasteiger partial charge in [0, 0.05) is 6.07 Å². The maximum atomic E-state index is 12.0. The van der Waals surface area contributed by atoms with Gasteiger partial charge in [0.25, 0.3) is 5.69 Å². The van der Waals surface area contributed by atoms with Gasteiger partial charge in [0.2, 0.25) is 0 Å². The number of non-ortho nitro benzene ring substituents is 1. The third-order valence-corrected chi connectivity index (χ3v) is 1.56. The first-order valence-corrected chi connectivity index (χ1v) is 4.14. The lowest BCUT2D eigenvalue weighted by Crippen LogP contribution is -2.18. The molecule has 1 N–H and O–H groups in total. The van der Waals surface area contributed by atoms with Gasteiger partial charge in [-0.1, -0.05) is 0 Å². The Labute approximate surface area is 96.5 Å². The molecule has 10 heteroatoms. The van der Waals surface area contributed by atoms with Gasteiger partial charge < -0.3 is 14.6 Å². The molecule has 0 atom stereocenters. The molecule has 1 rings (SSSR count). The van der Waals surface area contributed by atoms with E-state index >= 15 is 0 Å². The average molecular weight is 267 g/mol. The van der Waals surface area contributed by atoms with Crippen LogP contribution in [0.4, 0.5) is 23.7 Å². The first-order chi connectivity index (χ1) is 8.19. The average Bonchev–Trinajstić information content (AvgIpc) is 2.17. The number of benzene rings is 1. The Hall–Kier alpha value is -2.52. The van der Waals surface area contributed by atoms with E-state index in [0.29, 0.717) is 12.1 Å². The van der Waals surface area contributed by atoms with Crippen molar-refractivity contribution in [2.24, 2.45) is 0 Å². The molecular formula is C8H4F3NO6. The summed E-state index contributed by atoms with van der Waals surface area (Å²) in [7, 11) is 0. The van der Waals surface area contributed by atoms with Crippen LogP contribution in [0.15, 0.2) is 18.2 Å². The van der Waals surface area contributed by atoms with Crippen LogP contribution in [0.1, 0.15) is 0 Å². The lowest BCUT2D eigenvalue weighted by Gasteiger charge is -2.11. The predicted molar refractivity (Wildman–Crippen MR) is 48.4 cm³/mol. The van der Waals surface area contributed by atoms with Crippen LogP contribution in [0.3, 0.4) is 0 Å². The first kappa shape index (κ1) is 13.5. The molecule has 98 valence electrons. The van der Waals surface area contributed by atoms with Gasteiger partial charge in [-0.25, -0.2) is 4.79 Å². The summed E-state index contributed by atoms with van der Waals surface area (Å²) >= 11 is 0. The molecular weight excluding hydrogens is 263 g/mol. The Balaban J connectivity index is 3.16. The van der Waals surface area contributed by atoms with Crippen molar-refractivity contribution in [3.8, 4) is 11.5 Å². The van der Waals surface area contributed by atoms with Gasteiger partial charge in [0.1, 0.15) is 0 Å². The fraction of sp³-hybridized carbons (Fsp3) is 0.125. The fourth-order valence-electron chi connectivity index (χ4n) is 0.993. The summed E-state index contributed by atoms with van der Waals surface area (Å²) in [6, 6.07) is 1.81. The summed E-state index contributed by atoms with van der Waals surface area (Å²) in [6.45, 7) is 0. The number of hydrogen-bond acceptors (Lipinski definition) is 5. The summed E-state index contributed by atoms with van der Waals surface area (Å²) < 4.78 is 43.3. The van der Waals surface area contributed by atoms with E-state index in [1.807, 2.05) is 0 Å². The van der Waals surface area contributed by atoms with Gasteiger partial charge >= 0.3 is 12.5 Å². The van der Waals surface area contributed by atoms with Gasteiger partial charge in [-0.15, -0.1) is 13.2 Å². The zero-order chi connectivity index (χ0) is 13.9. The number of nitrogens with zero attached hydrogens (tertiary/aromatic N) is 1. The second-order valence-electron chi connectivity index (χ2n) is 2.80. The van der Waals surface area contributed by atoms with E-state index < -0.39 is 34.6 Å². The van der Waals surface area contributed by atoms with Crippen LogP contribution in [-0.2, 0) is 0 Å². The highest BCUT2D eigenvalue weighted by molar-refractivity contribution is 5.64. The second kappa shape index (κ2) is 4.77. The van der Waals surface area contributed by atoms with Crippen molar-refractivity contribution in [2.45, 2.75) is 6.36 Å². The number of nitro groups is 1. The first-order valence-electron chi connectivity index (χ1n) is 4.14. The Morgan fingerprint density at radius 1 is 1.33 bits per heavy atom. The number of ether oxygens (including phenoxy) is 2. The van der Waals surface area contributed by atoms with Crippen LogP contribution in [0.5, 0.6) is 11.5 Å². The lowest BCUT2D eigenvalue weighted by atomic mass is 10.3. The van der Waals surface area contributed by atoms with E-state index in [1.165, 1.54) is 0 Å². The molecule has 0 aromatic heterocycles. The number of hydrogen-bond donors (Lipinski definition) is 1. The smallest absolute Gasteiger partial charge is 0.449 e. The van der Waals surface area contributed by atoms with E-state index in [9.17, 15) is 28.1 Å². The number of carboxylic acid groups (broad SMARTS) is 1. The molecule has 0 saturated heterocycles. The number of carbonyl (C=O) groups is 1. The Morgan fingerprint density at radius 2 is 1.94 bits per heavy atom. The number of alkyl halides is 3. The molecule has 0 radical (unpaired) electrons. The molecule has 7 nitrogen and oxygen atoms in total. The molecule has 1 aromatic carbocycles. The van der Waals surface area contributed by atoms with Gasteiger partial charge in [0.15, 0.2) is 11.5 Å². The van der Waals surface area contributed by atoms with Crippen LogP contribution >= 0.6 is 0 Å². The van der Waals surface area contributed by atoms with Crippen LogP contribution in [0.25, 0.3) is 0 Å². The van der Waals surface area contributed by atoms with Gasteiger partial charge in [-0.3, -0.25) is 10.1 Å². The number of nitro benzene ring substituents is 1. The Morgan fingerprint density at radius 3 is 2.39 bits per heavy atom. The molecule has 0 amide bonds. The topological polar surface area (TPSA) is 98.9 Å². The zero-order valence-corrected chi connectivity index (χ0v) is 8.30.